The van der Waals surface area contributed by atoms with Crippen molar-refractivity contribution in [2.75, 3.05) is 0 Å². The van der Waals surface area contributed by atoms with Crippen molar-refractivity contribution in [2.45, 2.75) is 33.4 Å². The maximum absolute atomic E-state index is 11.9. The Balaban J connectivity index is 2.84. The van der Waals surface area contributed by atoms with Crippen LogP contribution in [0.15, 0.2) is 23.3 Å². The van der Waals surface area contributed by atoms with Gasteiger partial charge in [0.05, 0.1) is 17.2 Å². The van der Waals surface area contributed by atoms with E-state index in [2.05, 4.69) is 5.32 Å². The summed E-state index contributed by atoms with van der Waals surface area (Å²) in [6.07, 6.45) is 2.28. The summed E-state index contributed by atoms with van der Waals surface area (Å²) >= 11 is 0. The number of rotatable bonds is 6. The van der Waals surface area contributed by atoms with Gasteiger partial charge < -0.3 is 9.88 Å². The van der Waals surface area contributed by atoms with Crippen LogP contribution in [-0.2, 0) is 16.1 Å². The van der Waals surface area contributed by atoms with Gasteiger partial charge in [-0.1, -0.05) is 13.8 Å². The van der Waals surface area contributed by atoms with Crippen LogP contribution >= 0.6 is 0 Å². The van der Waals surface area contributed by atoms with Gasteiger partial charge >= 0.3 is 5.69 Å². The standard InChI is InChI=1S/C13H17N3O5/c1-8(2)13(9(3)17)14-12(19)7-15-5-4-11(18)10(6-15)16(20)21/h4-6,8,13H,7H2,1-3H3,(H,14,19). The lowest BCUT2D eigenvalue weighted by Crippen LogP contribution is -2.44. The number of carbonyl (C=O) groups excluding carboxylic acids is 2. The number of pyridine rings is 1. The molecule has 0 radical (unpaired) electrons. The number of carbonyl (C=O) groups is 2. The van der Waals surface area contributed by atoms with Crippen molar-refractivity contribution in [1.29, 1.82) is 0 Å². The van der Waals surface area contributed by atoms with Crippen LogP contribution in [0.25, 0.3) is 0 Å². The number of nitro groups is 1. The number of nitrogens with one attached hydrogen (secondary N) is 1. The van der Waals surface area contributed by atoms with E-state index in [1.165, 1.54) is 17.7 Å². The molecular formula is C13H17N3O5. The minimum absolute atomic E-state index is 0.0604. The number of ketones is 1. The molecule has 1 aromatic heterocycles. The van der Waals surface area contributed by atoms with E-state index in [0.717, 1.165) is 12.3 Å². The van der Waals surface area contributed by atoms with Crippen LogP contribution in [0.5, 0.6) is 0 Å². The minimum Gasteiger partial charge on any atom is -0.344 e. The molecule has 0 fully saturated rings. The van der Waals surface area contributed by atoms with E-state index < -0.39 is 28.0 Å². The molecular weight excluding hydrogens is 278 g/mol. The van der Waals surface area contributed by atoms with E-state index >= 15 is 0 Å². The monoisotopic (exact) mass is 295 g/mol. The zero-order chi connectivity index (χ0) is 16.2. The Labute approximate surface area is 120 Å². The fourth-order valence-electron chi connectivity index (χ4n) is 1.87. The van der Waals surface area contributed by atoms with Crippen LogP contribution in [0.1, 0.15) is 20.8 Å². The Morgan fingerprint density at radius 1 is 1.43 bits per heavy atom. The number of hydrogen-bond acceptors (Lipinski definition) is 5. The third-order valence-corrected chi connectivity index (χ3v) is 2.90. The lowest BCUT2D eigenvalue weighted by molar-refractivity contribution is -0.386. The Morgan fingerprint density at radius 3 is 2.52 bits per heavy atom. The highest BCUT2D eigenvalue weighted by Gasteiger charge is 2.21. The smallest absolute Gasteiger partial charge is 0.332 e. The second-order valence-corrected chi connectivity index (χ2v) is 5.02. The summed E-state index contributed by atoms with van der Waals surface area (Å²) in [5.41, 5.74) is -1.32. The van der Waals surface area contributed by atoms with Crippen molar-refractivity contribution in [1.82, 2.24) is 9.88 Å². The summed E-state index contributed by atoms with van der Waals surface area (Å²) < 4.78 is 1.23. The Kier molecular flexibility index (Phi) is 5.34. The van der Waals surface area contributed by atoms with E-state index in [-0.39, 0.29) is 18.2 Å². The van der Waals surface area contributed by atoms with E-state index in [9.17, 15) is 24.5 Å². The molecule has 8 heteroatoms. The quantitative estimate of drug-likeness (QED) is 0.606. The second-order valence-electron chi connectivity index (χ2n) is 5.02. The normalized spacial score (nSPS) is 12.0. The van der Waals surface area contributed by atoms with E-state index in [1.54, 1.807) is 13.8 Å². The van der Waals surface area contributed by atoms with Gasteiger partial charge in [0, 0.05) is 12.3 Å². The summed E-state index contributed by atoms with van der Waals surface area (Å²) in [6.45, 7) is 4.78. The van der Waals surface area contributed by atoms with Gasteiger partial charge in [-0.2, -0.15) is 0 Å². The second kappa shape index (κ2) is 6.78. The zero-order valence-electron chi connectivity index (χ0n) is 12.0. The summed E-state index contributed by atoms with van der Waals surface area (Å²) in [6, 6.07) is 0.419. The number of aromatic nitrogens is 1. The van der Waals surface area contributed by atoms with Gasteiger partial charge in [-0.05, 0) is 12.8 Å². The molecule has 1 aromatic rings. The van der Waals surface area contributed by atoms with Crippen LogP contribution in [0.2, 0.25) is 0 Å². The molecule has 0 bridgehead atoms. The van der Waals surface area contributed by atoms with Crippen LogP contribution in [0, 0.1) is 16.0 Å². The minimum atomic E-state index is -0.802. The van der Waals surface area contributed by atoms with Crippen molar-refractivity contribution in [2.24, 2.45) is 5.92 Å². The molecule has 0 aliphatic heterocycles. The van der Waals surface area contributed by atoms with Gasteiger partial charge in [-0.15, -0.1) is 0 Å². The first-order valence-electron chi connectivity index (χ1n) is 6.36. The van der Waals surface area contributed by atoms with Gasteiger partial charge in [-0.25, -0.2) is 0 Å². The molecule has 1 atom stereocenters. The molecule has 114 valence electrons. The molecule has 0 aliphatic carbocycles. The van der Waals surface area contributed by atoms with E-state index in [0.29, 0.717) is 0 Å². The molecule has 0 aromatic carbocycles. The highest BCUT2D eigenvalue weighted by atomic mass is 16.6. The lowest BCUT2D eigenvalue weighted by Gasteiger charge is -2.19. The van der Waals surface area contributed by atoms with Crippen LogP contribution in [0.3, 0.4) is 0 Å². The fourth-order valence-corrected chi connectivity index (χ4v) is 1.87. The van der Waals surface area contributed by atoms with Crippen molar-refractivity contribution < 1.29 is 14.5 Å². The summed E-state index contributed by atoms with van der Waals surface area (Å²) in [4.78, 5) is 44.4. The third-order valence-electron chi connectivity index (χ3n) is 2.90. The van der Waals surface area contributed by atoms with Crippen molar-refractivity contribution in [3.05, 3.63) is 38.8 Å². The van der Waals surface area contributed by atoms with Crippen LogP contribution < -0.4 is 10.7 Å². The maximum atomic E-state index is 11.9. The first-order valence-corrected chi connectivity index (χ1v) is 6.36. The molecule has 8 nitrogen and oxygen atoms in total. The first-order chi connectivity index (χ1) is 9.72. The van der Waals surface area contributed by atoms with Gasteiger partial charge in [-0.3, -0.25) is 24.5 Å². The highest BCUT2D eigenvalue weighted by molar-refractivity contribution is 5.87. The van der Waals surface area contributed by atoms with Gasteiger partial charge in [0.2, 0.25) is 5.91 Å². The highest BCUT2D eigenvalue weighted by Crippen LogP contribution is 2.04. The van der Waals surface area contributed by atoms with Crippen molar-refractivity contribution >= 4 is 17.4 Å². The number of hydrogen-bond donors (Lipinski definition) is 1. The average molecular weight is 295 g/mol. The molecule has 1 N–H and O–H groups in total. The van der Waals surface area contributed by atoms with E-state index in [4.69, 9.17) is 0 Å². The molecule has 0 saturated heterocycles. The molecule has 1 heterocycles. The van der Waals surface area contributed by atoms with Crippen LogP contribution in [0.4, 0.5) is 5.69 Å². The fraction of sp³-hybridized carbons (Fsp3) is 0.462. The summed E-state index contributed by atoms with van der Waals surface area (Å²) in [5.74, 6) is -0.680. The van der Waals surface area contributed by atoms with Gasteiger partial charge in [0.25, 0.3) is 5.43 Å². The Bertz CT molecular complexity index is 620. The average Bonchev–Trinajstić information content (AvgIpc) is 2.37. The first kappa shape index (κ1) is 16.5. The molecule has 0 saturated carbocycles. The van der Waals surface area contributed by atoms with Gasteiger partial charge in [0.1, 0.15) is 6.54 Å². The predicted molar refractivity (Wildman–Crippen MR) is 74.8 cm³/mol. The summed E-state index contributed by atoms with van der Waals surface area (Å²) in [5, 5.41) is 13.2. The lowest BCUT2D eigenvalue weighted by atomic mass is 10.0. The molecule has 0 aliphatic rings. The van der Waals surface area contributed by atoms with E-state index in [1.807, 2.05) is 0 Å². The predicted octanol–water partition coefficient (Wildman–Crippen LogP) is 0.486. The molecule has 1 unspecified atom stereocenters. The van der Waals surface area contributed by atoms with Crippen molar-refractivity contribution in [3.63, 3.8) is 0 Å². The molecule has 0 spiro atoms. The number of Topliss-reactive ketones (excluding diaryl/α,β-unsaturated/α-hetero) is 1. The number of nitrogens with zero attached hydrogens (tertiary/aromatic N) is 2. The third kappa shape index (κ3) is 4.51. The molecule has 1 amide bonds. The van der Waals surface area contributed by atoms with Crippen LogP contribution in [-0.4, -0.2) is 27.2 Å². The summed E-state index contributed by atoms with van der Waals surface area (Å²) in [7, 11) is 0. The molecule has 21 heavy (non-hydrogen) atoms. The maximum Gasteiger partial charge on any atom is 0.332 e. The topological polar surface area (TPSA) is 111 Å². The number of amides is 1. The van der Waals surface area contributed by atoms with Gasteiger partial charge in [0.15, 0.2) is 5.78 Å². The largest absolute Gasteiger partial charge is 0.344 e. The SMILES string of the molecule is CC(=O)C(NC(=O)Cn1ccc(=O)c([N+](=O)[O-])c1)C(C)C. The molecule has 1 rings (SSSR count). The Hall–Kier alpha value is -2.51. The Morgan fingerprint density at radius 2 is 2.05 bits per heavy atom. The zero-order valence-corrected chi connectivity index (χ0v) is 12.0. The van der Waals surface area contributed by atoms with Crippen molar-refractivity contribution in [3.8, 4) is 0 Å².